The summed E-state index contributed by atoms with van der Waals surface area (Å²) in [6.45, 7) is 3.13. The molecule has 0 atom stereocenters. The van der Waals surface area contributed by atoms with E-state index in [1.807, 2.05) is 42.5 Å². The lowest BCUT2D eigenvalue weighted by Crippen LogP contribution is -2.36. The van der Waals surface area contributed by atoms with Crippen LogP contribution in [-0.2, 0) is 16.0 Å². The van der Waals surface area contributed by atoms with Gasteiger partial charge in [-0.2, -0.15) is 0 Å². The molecule has 0 saturated carbocycles. The topological polar surface area (TPSA) is 77.1 Å². The standard InChI is InChI=1S/C23H28N2O5/c1-28-21-9-3-17(15-22(21)29-2)4-10-23(27)24-16-20(26)18-5-7-19(8-6-18)25-11-13-30-14-12-25/h3,5-9,15H,4,10-14,16H2,1-2H3,(H,24,27). The number of anilines is 1. The first-order chi connectivity index (χ1) is 14.6. The highest BCUT2D eigenvalue weighted by atomic mass is 16.5. The normalized spacial score (nSPS) is 13.6. The molecule has 1 N–H and O–H groups in total. The lowest BCUT2D eigenvalue weighted by Gasteiger charge is -2.28. The molecule has 1 aliphatic heterocycles. The zero-order chi connectivity index (χ0) is 21.3. The van der Waals surface area contributed by atoms with Crippen molar-refractivity contribution in [1.29, 1.82) is 0 Å². The van der Waals surface area contributed by atoms with Gasteiger partial charge in [0.2, 0.25) is 5.91 Å². The van der Waals surface area contributed by atoms with Gasteiger partial charge >= 0.3 is 0 Å². The van der Waals surface area contributed by atoms with Gasteiger partial charge in [0.15, 0.2) is 17.3 Å². The van der Waals surface area contributed by atoms with Gasteiger partial charge in [-0.15, -0.1) is 0 Å². The van der Waals surface area contributed by atoms with Crippen molar-refractivity contribution in [3.05, 3.63) is 53.6 Å². The fourth-order valence-electron chi connectivity index (χ4n) is 3.34. The Morgan fingerprint density at radius 2 is 1.70 bits per heavy atom. The summed E-state index contributed by atoms with van der Waals surface area (Å²) in [7, 11) is 3.16. The maximum atomic E-state index is 12.4. The third kappa shape index (κ3) is 5.73. The van der Waals surface area contributed by atoms with E-state index < -0.39 is 0 Å². The number of ketones is 1. The Kier molecular flexibility index (Phi) is 7.68. The molecule has 0 bridgehead atoms. The Labute approximate surface area is 176 Å². The SMILES string of the molecule is COc1ccc(CCC(=O)NCC(=O)c2ccc(N3CCOCC3)cc2)cc1OC. The minimum Gasteiger partial charge on any atom is -0.493 e. The number of hydrogen-bond donors (Lipinski definition) is 1. The number of rotatable bonds is 9. The number of nitrogens with zero attached hydrogens (tertiary/aromatic N) is 1. The number of carbonyl (C=O) groups is 2. The van der Waals surface area contributed by atoms with Crippen LogP contribution in [-0.4, -0.2) is 58.8 Å². The van der Waals surface area contributed by atoms with Crippen molar-refractivity contribution in [3.63, 3.8) is 0 Å². The molecule has 2 aromatic rings. The highest BCUT2D eigenvalue weighted by Gasteiger charge is 2.13. The molecule has 0 radical (unpaired) electrons. The van der Waals surface area contributed by atoms with Crippen molar-refractivity contribution in [1.82, 2.24) is 5.32 Å². The summed E-state index contributed by atoms with van der Waals surface area (Å²) >= 11 is 0. The number of Topliss-reactive ketones (excluding diaryl/α,β-unsaturated/α-hetero) is 1. The predicted molar refractivity (Wildman–Crippen MR) is 115 cm³/mol. The molecule has 0 spiro atoms. The summed E-state index contributed by atoms with van der Waals surface area (Å²) in [5.41, 5.74) is 2.63. The number of hydrogen-bond acceptors (Lipinski definition) is 6. The number of methoxy groups -OCH3 is 2. The van der Waals surface area contributed by atoms with Crippen molar-refractivity contribution < 1.29 is 23.8 Å². The van der Waals surface area contributed by atoms with Crippen molar-refractivity contribution in [3.8, 4) is 11.5 Å². The van der Waals surface area contributed by atoms with Crippen LogP contribution in [0.2, 0.25) is 0 Å². The van der Waals surface area contributed by atoms with Crippen molar-refractivity contribution >= 4 is 17.4 Å². The Balaban J connectivity index is 1.45. The minimum atomic E-state index is -0.164. The maximum Gasteiger partial charge on any atom is 0.220 e. The number of ether oxygens (including phenoxy) is 3. The monoisotopic (exact) mass is 412 g/mol. The number of morpholine rings is 1. The molecule has 1 aliphatic rings. The van der Waals surface area contributed by atoms with E-state index in [1.165, 1.54) is 0 Å². The average Bonchev–Trinajstić information content (AvgIpc) is 2.81. The van der Waals surface area contributed by atoms with Gasteiger partial charge in [0.1, 0.15) is 0 Å². The number of benzene rings is 2. The first kappa shape index (κ1) is 21.6. The number of amides is 1. The van der Waals surface area contributed by atoms with Crippen LogP contribution in [0.25, 0.3) is 0 Å². The second-order valence-electron chi connectivity index (χ2n) is 7.04. The van der Waals surface area contributed by atoms with Gasteiger partial charge in [0.05, 0.1) is 34.0 Å². The number of aryl methyl sites for hydroxylation is 1. The van der Waals surface area contributed by atoms with Gasteiger partial charge in [-0.25, -0.2) is 0 Å². The quantitative estimate of drug-likeness (QED) is 0.638. The summed E-state index contributed by atoms with van der Waals surface area (Å²) < 4.78 is 15.9. The van der Waals surface area contributed by atoms with Crippen LogP contribution in [0.3, 0.4) is 0 Å². The molecule has 3 rings (SSSR count). The fraction of sp³-hybridized carbons (Fsp3) is 0.391. The summed E-state index contributed by atoms with van der Waals surface area (Å²) in [5, 5.41) is 2.71. The minimum absolute atomic E-state index is 0.0122. The highest BCUT2D eigenvalue weighted by Crippen LogP contribution is 2.27. The van der Waals surface area contributed by atoms with E-state index in [0.717, 1.165) is 37.6 Å². The van der Waals surface area contributed by atoms with Crippen LogP contribution < -0.4 is 19.7 Å². The molecular weight excluding hydrogens is 384 g/mol. The van der Waals surface area contributed by atoms with Gasteiger partial charge in [-0.3, -0.25) is 9.59 Å². The van der Waals surface area contributed by atoms with Crippen molar-refractivity contribution in [2.24, 2.45) is 0 Å². The Morgan fingerprint density at radius 3 is 2.37 bits per heavy atom. The summed E-state index contributed by atoms with van der Waals surface area (Å²) in [6, 6.07) is 13.1. The molecule has 1 heterocycles. The van der Waals surface area contributed by atoms with Crippen LogP contribution in [0, 0.1) is 0 Å². The van der Waals surface area contributed by atoms with Gasteiger partial charge in [-0.1, -0.05) is 6.07 Å². The van der Waals surface area contributed by atoms with E-state index in [1.54, 1.807) is 14.2 Å². The second-order valence-corrected chi connectivity index (χ2v) is 7.04. The van der Waals surface area contributed by atoms with E-state index in [4.69, 9.17) is 14.2 Å². The average molecular weight is 412 g/mol. The van der Waals surface area contributed by atoms with Gasteiger partial charge < -0.3 is 24.4 Å². The van der Waals surface area contributed by atoms with Crippen LogP contribution in [0.4, 0.5) is 5.69 Å². The molecule has 1 saturated heterocycles. The molecule has 0 aromatic heterocycles. The molecule has 0 unspecified atom stereocenters. The molecule has 7 heteroatoms. The number of carbonyl (C=O) groups excluding carboxylic acids is 2. The smallest absolute Gasteiger partial charge is 0.220 e. The summed E-state index contributed by atoms with van der Waals surface area (Å²) in [4.78, 5) is 26.8. The third-order valence-corrected chi connectivity index (χ3v) is 5.10. The lowest BCUT2D eigenvalue weighted by molar-refractivity contribution is -0.120. The van der Waals surface area contributed by atoms with Crippen LogP contribution in [0.15, 0.2) is 42.5 Å². The van der Waals surface area contributed by atoms with Crippen molar-refractivity contribution in [2.45, 2.75) is 12.8 Å². The third-order valence-electron chi connectivity index (χ3n) is 5.10. The summed E-state index contributed by atoms with van der Waals surface area (Å²) in [5.74, 6) is 1.01. The van der Waals surface area contributed by atoms with E-state index in [-0.39, 0.29) is 18.2 Å². The van der Waals surface area contributed by atoms with Gasteiger partial charge in [0, 0.05) is 30.8 Å². The highest BCUT2D eigenvalue weighted by molar-refractivity contribution is 5.99. The Morgan fingerprint density at radius 1 is 1.00 bits per heavy atom. The zero-order valence-corrected chi connectivity index (χ0v) is 17.5. The first-order valence-electron chi connectivity index (χ1n) is 10.0. The maximum absolute atomic E-state index is 12.4. The molecule has 30 heavy (non-hydrogen) atoms. The molecule has 2 aromatic carbocycles. The van der Waals surface area contributed by atoms with Crippen molar-refractivity contribution in [2.75, 3.05) is 52.0 Å². The van der Waals surface area contributed by atoms with Crippen LogP contribution in [0.5, 0.6) is 11.5 Å². The number of nitrogens with one attached hydrogen (secondary N) is 1. The van der Waals surface area contributed by atoms with Gasteiger partial charge in [-0.05, 0) is 48.4 Å². The molecule has 0 aliphatic carbocycles. The first-order valence-corrected chi connectivity index (χ1v) is 10.0. The van der Waals surface area contributed by atoms with Gasteiger partial charge in [0.25, 0.3) is 0 Å². The Hall–Kier alpha value is -3.06. The molecule has 160 valence electrons. The van der Waals surface area contributed by atoms with Crippen LogP contribution in [0.1, 0.15) is 22.3 Å². The zero-order valence-electron chi connectivity index (χ0n) is 17.5. The van der Waals surface area contributed by atoms with E-state index in [0.29, 0.717) is 29.9 Å². The van der Waals surface area contributed by atoms with E-state index in [9.17, 15) is 9.59 Å². The fourth-order valence-corrected chi connectivity index (χ4v) is 3.34. The van der Waals surface area contributed by atoms with E-state index in [2.05, 4.69) is 10.2 Å². The lowest BCUT2D eigenvalue weighted by atomic mass is 10.1. The predicted octanol–water partition coefficient (Wildman–Crippen LogP) is 2.47. The molecule has 1 fully saturated rings. The summed E-state index contributed by atoms with van der Waals surface area (Å²) in [6.07, 6.45) is 0.841. The van der Waals surface area contributed by atoms with E-state index >= 15 is 0 Å². The molecular formula is C23H28N2O5. The largest absolute Gasteiger partial charge is 0.493 e. The Bertz CT molecular complexity index is 860. The van der Waals surface area contributed by atoms with Crippen LogP contribution >= 0.6 is 0 Å². The molecule has 1 amide bonds. The second kappa shape index (κ2) is 10.6. The molecule has 7 nitrogen and oxygen atoms in total.